The highest BCUT2D eigenvalue weighted by Gasteiger charge is 2.14. The number of thioether (sulfide) groups is 1. The second-order valence-corrected chi connectivity index (χ2v) is 5.13. The van der Waals surface area contributed by atoms with Crippen LogP contribution in [-0.4, -0.2) is 21.3 Å². The largest absolute Gasteiger partial charge is 0.478 e. The number of rotatable bonds is 4. The minimum absolute atomic E-state index is 0.305. The van der Waals surface area contributed by atoms with Gasteiger partial charge in [0.25, 0.3) is 0 Å². The molecular weight excluding hydrogens is 263 g/mol. The van der Waals surface area contributed by atoms with Gasteiger partial charge in [-0.1, -0.05) is 35.2 Å². The van der Waals surface area contributed by atoms with Crippen molar-refractivity contribution in [2.24, 2.45) is 0 Å². The molecule has 88 valence electrons. The van der Waals surface area contributed by atoms with Gasteiger partial charge in [-0.15, -0.1) is 10.2 Å². The van der Waals surface area contributed by atoms with Crippen molar-refractivity contribution in [2.45, 2.75) is 10.1 Å². The SMILES string of the molecule is O=C(O)c1cccc(CSc2nncs2)c1F. The van der Waals surface area contributed by atoms with Crippen molar-refractivity contribution in [2.75, 3.05) is 0 Å². The topological polar surface area (TPSA) is 63.1 Å². The Hall–Kier alpha value is -1.47. The first kappa shape index (κ1) is 12.0. The Kier molecular flexibility index (Phi) is 3.70. The molecule has 0 saturated heterocycles. The lowest BCUT2D eigenvalue weighted by Crippen LogP contribution is -2.02. The Balaban J connectivity index is 2.16. The van der Waals surface area contributed by atoms with Crippen molar-refractivity contribution in [3.63, 3.8) is 0 Å². The van der Waals surface area contributed by atoms with Gasteiger partial charge < -0.3 is 5.11 Å². The number of aromatic carboxylic acids is 1. The molecule has 2 aromatic rings. The van der Waals surface area contributed by atoms with E-state index in [1.165, 1.54) is 35.2 Å². The van der Waals surface area contributed by atoms with Gasteiger partial charge in [-0.3, -0.25) is 0 Å². The van der Waals surface area contributed by atoms with E-state index >= 15 is 0 Å². The van der Waals surface area contributed by atoms with Gasteiger partial charge in [-0.25, -0.2) is 9.18 Å². The van der Waals surface area contributed by atoms with E-state index in [2.05, 4.69) is 10.2 Å². The van der Waals surface area contributed by atoms with Crippen molar-refractivity contribution in [1.29, 1.82) is 0 Å². The van der Waals surface area contributed by atoms with Crippen molar-refractivity contribution < 1.29 is 14.3 Å². The Morgan fingerprint density at radius 1 is 1.53 bits per heavy atom. The zero-order chi connectivity index (χ0) is 12.3. The number of aromatic nitrogens is 2. The Morgan fingerprint density at radius 2 is 2.35 bits per heavy atom. The molecule has 0 aliphatic rings. The van der Waals surface area contributed by atoms with E-state index in [-0.39, 0.29) is 5.56 Å². The van der Waals surface area contributed by atoms with Crippen LogP contribution in [-0.2, 0) is 5.75 Å². The van der Waals surface area contributed by atoms with Crippen LogP contribution in [0.3, 0.4) is 0 Å². The summed E-state index contributed by atoms with van der Waals surface area (Å²) >= 11 is 2.69. The Morgan fingerprint density at radius 3 is 3.00 bits per heavy atom. The Labute approximate surface area is 105 Å². The van der Waals surface area contributed by atoms with Gasteiger partial charge in [-0.05, 0) is 11.6 Å². The smallest absolute Gasteiger partial charge is 0.338 e. The fourth-order valence-corrected chi connectivity index (χ4v) is 2.69. The van der Waals surface area contributed by atoms with Crippen molar-refractivity contribution >= 4 is 29.1 Å². The molecule has 1 N–H and O–H groups in total. The van der Waals surface area contributed by atoms with E-state index in [0.29, 0.717) is 11.3 Å². The standard InChI is InChI=1S/C10H7FN2O2S2/c11-8-6(2-1-3-7(8)9(14)15)4-16-10-13-12-5-17-10/h1-3,5H,4H2,(H,14,15). The minimum Gasteiger partial charge on any atom is -0.478 e. The summed E-state index contributed by atoms with van der Waals surface area (Å²) in [5.41, 5.74) is 1.64. The van der Waals surface area contributed by atoms with Crippen LogP contribution in [0.25, 0.3) is 0 Å². The molecule has 0 aliphatic carbocycles. The van der Waals surface area contributed by atoms with E-state index in [0.717, 1.165) is 4.34 Å². The number of halogens is 1. The predicted octanol–water partition coefficient (Wildman–Crippen LogP) is 2.67. The van der Waals surface area contributed by atoms with Gasteiger partial charge in [0.15, 0.2) is 4.34 Å². The minimum atomic E-state index is -1.26. The zero-order valence-corrected chi connectivity index (χ0v) is 10.1. The molecule has 1 heterocycles. The first-order valence-corrected chi connectivity index (χ1v) is 6.44. The van der Waals surface area contributed by atoms with Gasteiger partial charge in [-0.2, -0.15) is 0 Å². The molecular formula is C10H7FN2O2S2. The van der Waals surface area contributed by atoms with Crippen LogP contribution in [0.1, 0.15) is 15.9 Å². The number of nitrogens with zero attached hydrogens (tertiary/aromatic N) is 2. The average molecular weight is 270 g/mol. The summed E-state index contributed by atoms with van der Waals surface area (Å²) in [4.78, 5) is 10.7. The fraction of sp³-hybridized carbons (Fsp3) is 0.100. The highest BCUT2D eigenvalue weighted by molar-refractivity contribution is 8.00. The molecule has 2 rings (SSSR count). The summed E-state index contributed by atoms with van der Waals surface area (Å²) in [6.07, 6.45) is 0. The zero-order valence-electron chi connectivity index (χ0n) is 8.46. The molecule has 0 atom stereocenters. The van der Waals surface area contributed by atoms with Gasteiger partial charge in [0.2, 0.25) is 0 Å². The maximum atomic E-state index is 13.7. The molecule has 0 radical (unpaired) electrons. The molecule has 1 aromatic heterocycles. The summed E-state index contributed by atoms with van der Waals surface area (Å²) in [5.74, 6) is -1.61. The summed E-state index contributed by atoms with van der Waals surface area (Å²) in [5, 5.41) is 16.2. The summed E-state index contributed by atoms with van der Waals surface area (Å²) in [7, 11) is 0. The third-order valence-electron chi connectivity index (χ3n) is 2.00. The Bertz CT molecular complexity index is 531. The van der Waals surface area contributed by atoms with Crippen LogP contribution in [0.5, 0.6) is 0 Å². The molecule has 0 fully saturated rings. The van der Waals surface area contributed by atoms with E-state index < -0.39 is 11.8 Å². The molecule has 0 spiro atoms. The lowest BCUT2D eigenvalue weighted by atomic mass is 10.1. The molecule has 0 saturated carbocycles. The van der Waals surface area contributed by atoms with E-state index in [1.807, 2.05) is 0 Å². The van der Waals surface area contributed by atoms with Crippen molar-refractivity contribution in [3.05, 3.63) is 40.7 Å². The molecule has 4 nitrogen and oxygen atoms in total. The molecule has 0 bridgehead atoms. The first-order chi connectivity index (χ1) is 8.18. The van der Waals surface area contributed by atoms with Crippen LogP contribution < -0.4 is 0 Å². The monoisotopic (exact) mass is 270 g/mol. The summed E-state index contributed by atoms with van der Waals surface area (Å²) < 4.78 is 14.5. The van der Waals surface area contributed by atoms with Crippen LogP contribution in [0, 0.1) is 5.82 Å². The number of carboxylic acids is 1. The fourth-order valence-electron chi connectivity index (χ4n) is 1.22. The van der Waals surface area contributed by atoms with Crippen LogP contribution in [0.15, 0.2) is 28.0 Å². The lowest BCUT2D eigenvalue weighted by molar-refractivity contribution is 0.0691. The lowest BCUT2D eigenvalue weighted by Gasteiger charge is -2.03. The third-order valence-corrected chi connectivity index (χ3v) is 3.91. The summed E-state index contributed by atoms with van der Waals surface area (Å²) in [6.45, 7) is 0. The van der Waals surface area contributed by atoms with E-state index in [9.17, 15) is 9.18 Å². The normalized spacial score (nSPS) is 10.4. The van der Waals surface area contributed by atoms with Crippen LogP contribution in [0.4, 0.5) is 4.39 Å². The molecule has 0 unspecified atom stereocenters. The number of hydrogen-bond acceptors (Lipinski definition) is 5. The third kappa shape index (κ3) is 2.80. The number of benzene rings is 1. The quantitative estimate of drug-likeness (QED) is 0.865. The number of carboxylic acid groups (broad SMARTS) is 1. The average Bonchev–Trinajstić information content (AvgIpc) is 2.80. The van der Waals surface area contributed by atoms with Gasteiger partial charge >= 0.3 is 5.97 Å². The molecule has 1 aromatic carbocycles. The second-order valence-electron chi connectivity index (χ2n) is 3.08. The van der Waals surface area contributed by atoms with Crippen molar-refractivity contribution in [1.82, 2.24) is 10.2 Å². The number of hydrogen-bond donors (Lipinski definition) is 1. The number of carbonyl (C=O) groups is 1. The van der Waals surface area contributed by atoms with Crippen molar-refractivity contribution in [3.8, 4) is 0 Å². The van der Waals surface area contributed by atoms with Gasteiger partial charge in [0, 0.05) is 5.75 Å². The first-order valence-electron chi connectivity index (χ1n) is 4.58. The van der Waals surface area contributed by atoms with Gasteiger partial charge in [0.05, 0.1) is 5.56 Å². The van der Waals surface area contributed by atoms with Crippen LogP contribution in [0.2, 0.25) is 0 Å². The predicted molar refractivity (Wildman–Crippen MR) is 62.8 cm³/mol. The van der Waals surface area contributed by atoms with Crippen LogP contribution >= 0.6 is 23.1 Å². The second kappa shape index (κ2) is 5.24. The summed E-state index contributed by atoms with van der Waals surface area (Å²) in [6, 6.07) is 4.34. The molecule has 7 heteroatoms. The highest BCUT2D eigenvalue weighted by Crippen LogP contribution is 2.25. The van der Waals surface area contributed by atoms with Gasteiger partial charge in [0.1, 0.15) is 11.3 Å². The molecule has 0 aliphatic heterocycles. The maximum absolute atomic E-state index is 13.7. The van der Waals surface area contributed by atoms with E-state index in [1.54, 1.807) is 11.6 Å². The van der Waals surface area contributed by atoms with E-state index in [4.69, 9.17) is 5.11 Å². The highest BCUT2D eigenvalue weighted by atomic mass is 32.2. The molecule has 17 heavy (non-hydrogen) atoms. The maximum Gasteiger partial charge on any atom is 0.338 e. The molecule has 0 amide bonds.